The molecule has 106 valence electrons. The highest BCUT2D eigenvalue weighted by atomic mass is 16.8. The van der Waals surface area contributed by atoms with Crippen LogP contribution in [0.1, 0.15) is 17.4 Å². The molecule has 1 aliphatic heterocycles. The summed E-state index contributed by atoms with van der Waals surface area (Å²) in [6.07, 6.45) is -0.623. The van der Waals surface area contributed by atoms with E-state index >= 15 is 0 Å². The van der Waals surface area contributed by atoms with Gasteiger partial charge in [0.15, 0.2) is 17.8 Å². The lowest BCUT2D eigenvalue weighted by molar-refractivity contribution is -0.301. The van der Waals surface area contributed by atoms with Crippen molar-refractivity contribution in [3.63, 3.8) is 0 Å². The number of hydrogen-bond donors (Lipinski definition) is 1. The SMILES string of the molecule is COc1cc2c(cc1OC)C(CO)(OC)OC2OC. The summed E-state index contributed by atoms with van der Waals surface area (Å²) in [5.41, 5.74) is 1.41. The quantitative estimate of drug-likeness (QED) is 0.866. The monoisotopic (exact) mass is 270 g/mol. The van der Waals surface area contributed by atoms with Crippen LogP contribution in [0.5, 0.6) is 11.5 Å². The molecule has 0 saturated carbocycles. The van der Waals surface area contributed by atoms with Gasteiger partial charge in [0.05, 0.1) is 14.2 Å². The van der Waals surface area contributed by atoms with E-state index in [-0.39, 0.29) is 6.61 Å². The van der Waals surface area contributed by atoms with Crippen molar-refractivity contribution in [2.24, 2.45) is 0 Å². The maximum Gasteiger partial charge on any atom is 0.221 e. The molecule has 0 radical (unpaired) electrons. The Morgan fingerprint density at radius 2 is 1.79 bits per heavy atom. The average molecular weight is 270 g/mol. The molecule has 0 spiro atoms. The Morgan fingerprint density at radius 3 is 2.26 bits per heavy atom. The summed E-state index contributed by atoms with van der Waals surface area (Å²) in [5.74, 6) is -0.136. The molecule has 0 fully saturated rings. The van der Waals surface area contributed by atoms with E-state index in [9.17, 15) is 5.11 Å². The summed E-state index contributed by atoms with van der Waals surface area (Å²) in [4.78, 5) is 0. The molecule has 0 bridgehead atoms. The number of benzene rings is 1. The van der Waals surface area contributed by atoms with E-state index in [0.717, 1.165) is 5.56 Å². The Kier molecular flexibility index (Phi) is 3.96. The van der Waals surface area contributed by atoms with Crippen molar-refractivity contribution in [1.82, 2.24) is 0 Å². The van der Waals surface area contributed by atoms with Gasteiger partial charge in [0.1, 0.15) is 6.61 Å². The van der Waals surface area contributed by atoms with Crippen molar-refractivity contribution in [3.05, 3.63) is 23.3 Å². The highest BCUT2D eigenvalue weighted by Gasteiger charge is 2.46. The van der Waals surface area contributed by atoms with Gasteiger partial charge in [-0.05, 0) is 12.1 Å². The van der Waals surface area contributed by atoms with Gasteiger partial charge in [0.2, 0.25) is 5.79 Å². The van der Waals surface area contributed by atoms with Crippen LogP contribution < -0.4 is 9.47 Å². The summed E-state index contributed by atoms with van der Waals surface area (Å²) in [6.45, 7) is -0.328. The number of aliphatic hydroxyl groups excluding tert-OH is 1. The van der Waals surface area contributed by atoms with Gasteiger partial charge in [-0.15, -0.1) is 0 Å². The van der Waals surface area contributed by atoms with Crippen LogP contribution in [0.4, 0.5) is 0 Å². The second-order valence-corrected chi connectivity index (χ2v) is 4.10. The molecule has 6 nitrogen and oxygen atoms in total. The van der Waals surface area contributed by atoms with Crippen LogP contribution in [0.3, 0.4) is 0 Å². The highest BCUT2D eigenvalue weighted by Crippen LogP contribution is 2.48. The van der Waals surface area contributed by atoms with Crippen LogP contribution in [0.15, 0.2) is 12.1 Å². The van der Waals surface area contributed by atoms with Crippen molar-refractivity contribution in [2.45, 2.75) is 12.1 Å². The van der Waals surface area contributed by atoms with E-state index in [1.165, 1.54) is 14.2 Å². The normalized spacial score (nSPS) is 25.2. The van der Waals surface area contributed by atoms with E-state index < -0.39 is 12.1 Å². The predicted molar refractivity (Wildman–Crippen MR) is 66.2 cm³/mol. The van der Waals surface area contributed by atoms with Crippen LogP contribution in [0.2, 0.25) is 0 Å². The maximum absolute atomic E-state index is 9.59. The van der Waals surface area contributed by atoms with E-state index in [2.05, 4.69) is 0 Å². The lowest BCUT2D eigenvalue weighted by atomic mass is 10.0. The topological polar surface area (TPSA) is 66.4 Å². The zero-order valence-electron chi connectivity index (χ0n) is 11.4. The first kappa shape index (κ1) is 14.1. The summed E-state index contributed by atoms with van der Waals surface area (Å²) < 4.78 is 26.8. The van der Waals surface area contributed by atoms with Crippen LogP contribution >= 0.6 is 0 Å². The summed E-state index contributed by atoms with van der Waals surface area (Å²) in [7, 11) is 6.09. The van der Waals surface area contributed by atoms with Crippen molar-refractivity contribution in [3.8, 4) is 11.5 Å². The first-order valence-corrected chi connectivity index (χ1v) is 5.78. The minimum Gasteiger partial charge on any atom is -0.493 e. The van der Waals surface area contributed by atoms with E-state index in [4.69, 9.17) is 23.7 Å². The fourth-order valence-electron chi connectivity index (χ4n) is 2.24. The largest absolute Gasteiger partial charge is 0.493 e. The molecule has 0 aliphatic carbocycles. The molecule has 1 aliphatic rings. The molecule has 0 saturated heterocycles. The molecule has 6 heteroatoms. The van der Waals surface area contributed by atoms with Crippen LogP contribution in [0.25, 0.3) is 0 Å². The standard InChI is InChI=1S/C13H18O6/c1-15-10-5-8-9(6-11(10)16-2)13(7-14,18-4)19-12(8)17-3/h5-6,12,14H,7H2,1-4H3. The molecule has 1 heterocycles. The van der Waals surface area contributed by atoms with Crippen molar-refractivity contribution in [1.29, 1.82) is 0 Å². The number of hydrogen-bond acceptors (Lipinski definition) is 6. The van der Waals surface area contributed by atoms with E-state index in [1.54, 1.807) is 26.4 Å². The molecule has 2 rings (SSSR count). The highest BCUT2D eigenvalue weighted by molar-refractivity contribution is 5.51. The number of ether oxygens (including phenoxy) is 5. The molecular formula is C13H18O6. The smallest absolute Gasteiger partial charge is 0.221 e. The molecular weight excluding hydrogens is 252 g/mol. The Bertz CT molecular complexity index is 455. The number of rotatable bonds is 5. The van der Waals surface area contributed by atoms with Gasteiger partial charge >= 0.3 is 0 Å². The van der Waals surface area contributed by atoms with Crippen molar-refractivity contribution >= 4 is 0 Å². The number of methoxy groups -OCH3 is 4. The van der Waals surface area contributed by atoms with Gasteiger partial charge in [0, 0.05) is 25.3 Å². The average Bonchev–Trinajstić information content (AvgIpc) is 2.79. The third kappa shape index (κ3) is 2.06. The van der Waals surface area contributed by atoms with Crippen molar-refractivity contribution < 1.29 is 28.8 Å². The molecule has 0 amide bonds. The lowest BCUT2D eigenvalue weighted by Gasteiger charge is -2.26. The lowest BCUT2D eigenvalue weighted by Crippen LogP contribution is -2.32. The Labute approximate surface area is 111 Å². The Hall–Kier alpha value is -1.34. The van der Waals surface area contributed by atoms with Gasteiger partial charge in [-0.2, -0.15) is 0 Å². The molecule has 1 aromatic carbocycles. The van der Waals surface area contributed by atoms with Gasteiger partial charge in [0.25, 0.3) is 0 Å². The van der Waals surface area contributed by atoms with Gasteiger partial charge in [-0.3, -0.25) is 0 Å². The molecule has 19 heavy (non-hydrogen) atoms. The zero-order valence-corrected chi connectivity index (χ0v) is 11.4. The maximum atomic E-state index is 9.59. The minimum absolute atomic E-state index is 0.328. The third-order valence-electron chi connectivity index (χ3n) is 3.27. The Morgan fingerprint density at radius 1 is 1.16 bits per heavy atom. The minimum atomic E-state index is -1.24. The van der Waals surface area contributed by atoms with Gasteiger partial charge < -0.3 is 28.8 Å². The van der Waals surface area contributed by atoms with Gasteiger partial charge in [-0.1, -0.05) is 0 Å². The van der Waals surface area contributed by atoms with Crippen LogP contribution in [-0.2, 0) is 20.0 Å². The summed E-state index contributed by atoms with van der Waals surface area (Å²) in [6, 6.07) is 3.49. The van der Waals surface area contributed by atoms with Crippen LogP contribution in [0, 0.1) is 0 Å². The number of fused-ring (bicyclic) bond motifs is 1. The summed E-state index contributed by atoms with van der Waals surface area (Å²) in [5, 5.41) is 9.59. The molecule has 2 unspecified atom stereocenters. The fraction of sp³-hybridized carbons (Fsp3) is 0.538. The molecule has 1 aromatic rings. The molecule has 0 aromatic heterocycles. The zero-order chi connectivity index (χ0) is 14.0. The van der Waals surface area contributed by atoms with E-state index in [1.807, 2.05) is 0 Å². The second kappa shape index (κ2) is 5.34. The van der Waals surface area contributed by atoms with E-state index in [0.29, 0.717) is 17.1 Å². The first-order chi connectivity index (χ1) is 9.15. The fourth-order valence-corrected chi connectivity index (χ4v) is 2.24. The third-order valence-corrected chi connectivity index (χ3v) is 3.27. The second-order valence-electron chi connectivity index (χ2n) is 4.10. The van der Waals surface area contributed by atoms with Crippen molar-refractivity contribution in [2.75, 3.05) is 35.0 Å². The number of aliphatic hydroxyl groups is 1. The summed E-state index contributed by atoms with van der Waals surface area (Å²) >= 11 is 0. The first-order valence-electron chi connectivity index (χ1n) is 5.78. The molecule has 1 N–H and O–H groups in total. The predicted octanol–water partition coefficient (Wildman–Crippen LogP) is 1.17. The molecule has 2 atom stereocenters. The van der Waals surface area contributed by atoms with Gasteiger partial charge in [-0.25, -0.2) is 0 Å². The Balaban J connectivity index is 2.60. The van der Waals surface area contributed by atoms with Crippen LogP contribution in [-0.4, -0.2) is 40.2 Å².